The van der Waals surface area contributed by atoms with Crippen LogP contribution in [-0.4, -0.2) is 15.8 Å². The lowest BCUT2D eigenvalue weighted by atomic mass is 9.91. The van der Waals surface area contributed by atoms with Gasteiger partial charge in [0.25, 0.3) is 5.91 Å². The van der Waals surface area contributed by atoms with E-state index < -0.39 is 5.92 Å². The van der Waals surface area contributed by atoms with E-state index in [4.69, 9.17) is 0 Å². The van der Waals surface area contributed by atoms with Gasteiger partial charge in [-0.2, -0.15) is 0 Å². The summed E-state index contributed by atoms with van der Waals surface area (Å²) < 4.78 is 0.912. The van der Waals surface area contributed by atoms with Gasteiger partial charge in [0.1, 0.15) is 0 Å². The van der Waals surface area contributed by atoms with Gasteiger partial charge < -0.3 is 5.21 Å². The van der Waals surface area contributed by atoms with Gasteiger partial charge in [-0.25, -0.2) is 9.72 Å². The van der Waals surface area contributed by atoms with Crippen molar-refractivity contribution >= 4 is 5.91 Å². The van der Waals surface area contributed by atoms with E-state index in [1.807, 2.05) is 60.7 Å². The third-order valence-electron chi connectivity index (χ3n) is 3.55. The Balaban J connectivity index is 2.04. The topological polar surface area (TPSA) is 54.6 Å². The fourth-order valence-electron chi connectivity index (χ4n) is 2.45. The first kappa shape index (κ1) is 14.8. The maximum Gasteiger partial charge on any atom is 0.258 e. The minimum atomic E-state index is -0.446. The molecule has 3 aromatic rings. The minimum absolute atomic E-state index is 0.238. The molecule has 0 spiro atoms. The fourth-order valence-corrected chi connectivity index (χ4v) is 2.45. The molecule has 114 valence electrons. The number of rotatable bonds is 3. The van der Waals surface area contributed by atoms with E-state index in [0.717, 1.165) is 15.9 Å². The molecule has 1 heterocycles. The zero-order valence-corrected chi connectivity index (χ0v) is 12.4. The predicted octanol–water partition coefficient (Wildman–Crippen LogP) is 2.98. The number of carbonyl (C=O) groups excluding carboxylic acids is 1. The minimum Gasteiger partial charge on any atom is -0.429 e. The van der Waals surface area contributed by atoms with E-state index in [2.05, 4.69) is 4.99 Å². The zero-order chi connectivity index (χ0) is 16.1. The van der Waals surface area contributed by atoms with Crippen LogP contribution in [0.3, 0.4) is 0 Å². The van der Waals surface area contributed by atoms with E-state index in [1.165, 1.54) is 12.4 Å². The highest BCUT2D eigenvalue weighted by Crippen LogP contribution is 2.25. The molecule has 4 heteroatoms. The zero-order valence-electron chi connectivity index (χ0n) is 12.4. The summed E-state index contributed by atoms with van der Waals surface area (Å²) in [6.45, 7) is 0. The Kier molecular flexibility index (Phi) is 4.34. The molecule has 0 unspecified atom stereocenters. The van der Waals surface area contributed by atoms with Crippen molar-refractivity contribution in [3.05, 3.63) is 102 Å². The Hall–Kier alpha value is -3.14. The third-order valence-corrected chi connectivity index (χ3v) is 3.55. The lowest BCUT2D eigenvalue weighted by molar-refractivity contribution is -0.118. The fraction of sp³-hybridized carbons (Fsp3) is 0.0526. The van der Waals surface area contributed by atoms with Gasteiger partial charge in [0.2, 0.25) is 0 Å². The molecule has 0 aliphatic carbocycles. The number of hydrogen-bond acceptors (Lipinski definition) is 2. The van der Waals surface area contributed by atoms with Gasteiger partial charge in [-0.15, -0.1) is 0 Å². The Morgan fingerprint density at radius 3 is 1.78 bits per heavy atom. The molecule has 1 aromatic heterocycles. The second-order valence-electron chi connectivity index (χ2n) is 5.14. The summed E-state index contributed by atoms with van der Waals surface area (Å²) in [5, 5.41) is 9.76. The van der Waals surface area contributed by atoms with E-state index >= 15 is 0 Å². The van der Waals surface area contributed by atoms with Crippen LogP contribution in [-0.2, 0) is 4.79 Å². The molecule has 0 saturated heterocycles. The molecule has 0 fully saturated rings. The number of aromatic nitrogens is 1. The lowest BCUT2D eigenvalue weighted by Crippen LogP contribution is -2.16. The largest absolute Gasteiger partial charge is 0.429 e. The summed E-state index contributed by atoms with van der Waals surface area (Å²) in [7, 11) is 0. The molecule has 0 aliphatic heterocycles. The molecule has 0 aliphatic rings. The van der Waals surface area contributed by atoms with E-state index in [-0.39, 0.29) is 5.91 Å². The average molecular weight is 304 g/mol. The number of hydrogen-bond donors (Lipinski definition) is 1. The summed E-state index contributed by atoms with van der Waals surface area (Å²) in [5.41, 5.74) is 1.81. The quantitative estimate of drug-likeness (QED) is 0.756. The van der Waals surface area contributed by atoms with Crippen LogP contribution in [0, 0.1) is 0 Å². The van der Waals surface area contributed by atoms with Gasteiger partial charge in [-0.05, 0) is 23.3 Å². The molecular weight excluding hydrogens is 288 g/mol. The molecular formula is C19H16N2O2. The van der Waals surface area contributed by atoms with E-state index in [9.17, 15) is 10.0 Å². The van der Waals surface area contributed by atoms with Crippen molar-refractivity contribution in [2.24, 2.45) is 4.99 Å². The van der Waals surface area contributed by atoms with E-state index in [1.54, 1.807) is 12.1 Å². The SMILES string of the molecule is O=C(N=c1ccn(O)cc1)C(c1ccccc1)c1ccccc1. The van der Waals surface area contributed by atoms with Gasteiger partial charge in [0.15, 0.2) is 0 Å². The van der Waals surface area contributed by atoms with Gasteiger partial charge in [-0.1, -0.05) is 60.7 Å². The van der Waals surface area contributed by atoms with Crippen LogP contribution in [0.4, 0.5) is 0 Å². The normalized spacial score (nSPS) is 10.5. The molecule has 0 atom stereocenters. The van der Waals surface area contributed by atoms with Crippen molar-refractivity contribution in [2.75, 3.05) is 0 Å². The van der Waals surface area contributed by atoms with Crippen LogP contribution in [0.1, 0.15) is 17.0 Å². The number of pyridine rings is 1. The molecule has 3 rings (SSSR count). The molecule has 1 N–H and O–H groups in total. The standard InChI is InChI=1S/C19H16N2O2/c22-19(20-17-11-13-21(23)14-12-17)18(15-7-3-1-4-8-15)16-9-5-2-6-10-16/h1-14,18,23H. The second kappa shape index (κ2) is 6.75. The maximum absolute atomic E-state index is 12.8. The van der Waals surface area contributed by atoms with Crippen LogP contribution in [0.2, 0.25) is 0 Å². The van der Waals surface area contributed by atoms with Gasteiger partial charge in [-0.3, -0.25) is 4.79 Å². The van der Waals surface area contributed by atoms with Crippen LogP contribution in [0.5, 0.6) is 0 Å². The van der Waals surface area contributed by atoms with Crippen molar-refractivity contribution in [2.45, 2.75) is 5.92 Å². The molecule has 1 amide bonds. The molecule has 2 aromatic carbocycles. The second-order valence-corrected chi connectivity index (χ2v) is 5.14. The highest BCUT2D eigenvalue weighted by molar-refractivity contribution is 5.87. The average Bonchev–Trinajstić information content (AvgIpc) is 2.59. The third kappa shape index (κ3) is 3.55. The first-order valence-electron chi connectivity index (χ1n) is 7.30. The first-order chi connectivity index (χ1) is 11.2. The van der Waals surface area contributed by atoms with Crippen molar-refractivity contribution in [1.82, 2.24) is 4.73 Å². The van der Waals surface area contributed by atoms with Crippen LogP contribution < -0.4 is 5.36 Å². The van der Waals surface area contributed by atoms with Gasteiger partial charge in [0.05, 0.1) is 11.3 Å². The maximum atomic E-state index is 12.8. The smallest absolute Gasteiger partial charge is 0.258 e. The van der Waals surface area contributed by atoms with Gasteiger partial charge in [0, 0.05) is 12.4 Å². The van der Waals surface area contributed by atoms with Crippen molar-refractivity contribution in [3.8, 4) is 0 Å². The molecule has 23 heavy (non-hydrogen) atoms. The molecule has 4 nitrogen and oxygen atoms in total. The van der Waals surface area contributed by atoms with Crippen molar-refractivity contribution in [1.29, 1.82) is 0 Å². The number of carbonyl (C=O) groups is 1. The molecule has 0 bridgehead atoms. The molecule has 0 radical (unpaired) electrons. The summed E-state index contributed by atoms with van der Waals surface area (Å²) in [4.78, 5) is 17.0. The Morgan fingerprint density at radius 2 is 1.30 bits per heavy atom. The lowest BCUT2D eigenvalue weighted by Gasteiger charge is -2.14. The summed E-state index contributed by atoms with van der Waals surface area (Å²) in [6, 6.07) is 22.4. The van der Waals surface area contributed by atoms with Crippen molar-refractivity contribution < 1.29 is 10.0 Å². The summed E-state index contributed by atoms with van der Waals surface area (Å²) >= 11 is 0. The number of amides is 1. The summed E-state index contributed by atoms with van der Waals surface area (Å²) in [5.74, 6) is -0.683. The summed E-state index contributed by atoms with van der Waals surface area (Å²) in [6.07, 6.45) is 2.87. The van der Waals surface area contributed by atoms with Crippen molar-refractivity contribution in [3.63, 3.8) is 0 Å². The highest BCUT2D eigenvalue weighted by Gasteiger charge is 2.21. The Labute approximate surface area is 134 Å². The monoisotopic (exact) mass is 304 g/mol. The van der Waals surface area contributed by atoms with Crippen LogP contribution in [0.15, 0.2) is 90.2 Å². The van der Waals surface area contributed by atoms with Crippen LogP contribution >= 0.6 is 0 Å². The Bertz CT molecular complexity index is 795. The van der Waals surface area contributed by atoms with Gasteiger partial charge >= 0.3 is 0 Å². The Morgan fingerprint density at radius 1 is 0.826 bits per heavy atom. The molecule has 0 saturated carbocycles. The highest BCUT2D eigenvalue weighted by atomic mass is 16.5. The van der Waals surface area contributed by atoms with E-state index in [0.29, 0.717) is 5.36 Å². The first-order valence-corrected chi connectivity index (χ1v) is 7.30. The number of nitrogens with zero attached hydrogens (tertiary/aromatic N) is 2. The number of benzene rings is 2. The predicted molar refractivity (Wildman–Crippen MR) is 86.9 cm³/mol. The van der Waals surface area contributed by atoms with Crippen LogP contribution in [0.25, 0.3) is 0 Å².